The average Bonchev–Trinajstić information content (AvgIpc) is 2.34. The molecule has 0 aromatic carbocycles. The molecule has 0 aliphatic carbocycles. The number of amides is 4. The average molecular weight is 360 g/mol. The second-order valence-corrected chi connectivity index (χ2v) is 6.96. The van der Waals surface area contributed by atoms with Gasteiger partial charge < -0.3 is 31.6 Å². The van der Waals surface area contributed by atoms with Gasteiger partial charge in [0.1, 0.15) is 26.4 Å². The number of rotatable bonds is 12. The lowest BCUT2D eigenvalue weighted by Gasteiger charge is -2.36. The zero-order valence-corrected chi connectivity index (χ0v) is 15.1. The molecule has 10 nitrogen and oxygen atoms in total. The maximum atomic E-state index is 11.8. The van der Waals surface area contributed by atoms with Gasteiger partial charge in [0.15, 0.2) is 0 Å². The van der Waals surface area contributed by atoms with Crippen LogP contribution in [0.25, 0.3) is 0 Å². The summed E-state index contributed by atoms with van der Waals surface area (Å²) in [4.78, 5) is 44.7. The molecule has 0 rings (SSSR count). The molecule has 6 N–H and O–H groups in total. The molecule has 0 heterocycles. The third-order valence-corrected chi connectivity index (χ3v) is 2.79. The van der Waals surface area contributed by atoms with Crippen LogP contribution in [0, 0.1) is 0 Å². The summed E-state index contributed by atoms with van der Waals surface area (Å²) in [5.74, 6) is -2.12. The standard InChI is InChI=1S/C15H28N4O6/c1-14(2,18-12(22)7-24-5-10(16)20)9-15(3,4)19-13(23)8-25-6-11(17)21/h5-9H2,1-4H3,(H2,16,20)(H2,17,21)(H,18,22)(H,19,23). The van der Waals surface area contributed by atoms with E-state index in [0.717, 1.165) is 0 Å². The van der Waals surface area contributed by atoms with Crippen molar-refractivity contribution in [3.05, 3.63) is 0 Å². The summed E-state index contributed by atoms with van der Waals surface area (Å²) in [7, 11) is 0. The summed E-state index contributed by atoms with van der Waals surface area (Å²) in [5.41, 5.74) is 8.52. The molecule has 0 radical (unpaired) electrons. The molecular weight excluding hydrogens is 332 g/mol. The van der Waals surface area contributed by atoms with E-state index in [0.29, 0.717) is 6.42 Å². The number of carbonyl (C=O) groups excluding carboxylic acids is 4. The van der Waals surface area contributed by atoms with Crippen molar-refractivity contribution in [2.75, 3.05) is 26.4 Å². The smallest absolute Gasteiger partial charge is 0.246 e. The Labute approximate surface area is 147 Å². The lowest BCUT2D eigenvalue weighted by atomic mass is 9.86. The van der Waals surface area contributed by atoms with Crippen LogP contribution in [0.15, 0.2) is 0 Å². The first-order valence-electron chi connectivity index (χ1n) is 7.67. The van der Waals surface area contributed by atoms with Gasteiger partial charge in [-0.15, -0.1) is 0 Å². The fraction of sp³-hybridized carbons (Fsp3) is 0.733. The second-order valence-electron chi connectivity index (χ2n) is 6.96. The molecule has 0 spiro atoms. The Kier molecular flexibility index (Phi) is 9.07. The molecule has 0 atom stereocenters. The van der Waals surface area contributed by atoms with Crippen LogP contribution in [-0.4, -0.2) is 61.1 Å². The van der Waals surface area contributed by atoms with Gasteiger partial charge >= 0.3 is 0 Å². The summed E-state index contributed by atoms with van der Waals surface area (Å²) in [6.07, 6.45) is 0.406. The van der Waals surface area contributed by atoms with Gasteiger partial charge in [0, 0.05) is 11.1 Å². The fourth-order valence-electron chi connectivity index (χ4n) is 2.51. The van der Waals surface area contributed by atoms with Crippen LogP contribution in [0.1, 0.15) is 34.1 Å². The van der Waals surface area contributed by atoms with Crippen LogP contribution in [0.4, 0.5) is 0 Å². The highest BCUT2D eigenvalue weighted by atomic mass is 16.5. The monoisotopic (exact) mass is 360 g/mol. The minimum absolute atomic E-state index is 0.292. The molecular formula is C15H28N4O6. The Bertz CT molecular complexity index is 460. The highest BCUT2D eigenvalue weighted by Crippen LogP contribution is 2.19. The van der Waals surface area contributed by atoms with Crippen molar-refractivity contribution < 1.29 is 28.7 Å². The van der Waals surface area contributed by atoms with Crippen molar-refractivity contribution >= 4 is 23.6 Å². The fourth-order valence-corrected chi connectivity index (χ4v) is 2.51. The molecule has 0 aliphatic rings. The van der Waals surface area contributed by atoms with Gasteiger partial charge in [-0.05, 0) is 34.1 Å². The van der Waals surface area contributed by atoms with Gasteiger partial charge in [0.05, 0.1) is 0 Å². The van der Waals surface area contributed by atoms with Crippen LogP contribution in [0.3, 0.4) is 0 Å². The Morgan fingerprint density at radius 1 is 0.720 bits per heavy atom. The van der Waals surface area contributed by atoms with Crippen molar-refractivity contribution in [3.63, 3.8) is 0 Å². The van der Waals surface area contributed by atoms with Gasteiger partial charge in [-0.25, -0.2) is 0 Å². The minimum atomic E-state index is -0.658. The Hall–Kier alpha value is -2.20. The van der Waals surface area contributed by atoms with E-state index in [1.165, 1.54) is 0 Å². The maximum Gasteiger partial charge on any atom is 0.246 e. The van der Waals surface area contributed by atoms with Gasteiger partial charge in [0.2, 0.25) is 23.6 Å². The van der Waals surface area contributed by atoms with E-state index < -0.39 is 34.7 Å². The molecule has 0 aromatic heterocycles. The molecule has 0 saturated carbocycles. The van der Waals surface area contributed by atoms with Crippen molar-refractivity contribution in [3.8, 4) is 0 Å². The van der Waals surface area contributed by atoms with E-state index in [9.17, 15) is 19.2 Å². The number of ether oxygens (including phenoxy) is 2. The van der Waals surface area contributed by atoms with E-state index in [2.05, 4.69) is 10.6 Å². The number of hydrogen-bond acceptors (Lipinski definition) is 6. The summed E-state index contributed by atoms with van der Waals surface area (Å²) >= 11 is 0. The molecule has 10 heteroatoms. The Morgan fingerprint density at radius 2 is 1.04 bits per heavy atom. The first-order valence-corrected chi connectivity index (χ1v) is 7.67. The lowest BCUT2D eigenvalue weighted by Crippen LogP contribution is -2.54. The van der Waals surface area contributed by atoms with E-state index in [1.807, 2.05) is 0 Å². The van der Waals surface area contributed by atoms with Crippen LogP contribution in [0.2, 0.25) is 0 Å². The molecule has 0 aromatic rings. The second kappa shape index (κ2) is 9.94. The van der Waals surface area contributed by atoms with Gasteiger partial charge in [0.25, 0.3) is 0 Å². The Balaban J connectivity index is 4.38. The van der Waals surface area contributed by atoms with Crippen molar-refractivity contribution in [1.29, 1.82) is 0 Å². The molecule has 25 heavy (non-hydrogen) atoms. The SMILES string of the molecule is CC(C)(CC(C)(C)NC(=O)COCC(N)=O)NC(=O)COCC(N)=O. The molecule has 0 fully saturated rings. The first kappa shape index (κ1) is 22.8. The highest BCUT2D eigenvalue weighted by molar-refractivity contribution is 5.80. The third-order valence-electron chi connectivity index (χ3n) is 2.79. The predicted octanol–water partition coefficient (Wildman–Crippen LogP) is -1.83. The molecule has 0 unspecified atom stereocenters. The van der Waals surface area contributed by atoms with Crippen LogP contribution in [-0.2, 0) is 28.7 Å². The number of nitrogens with two attached hydrogens (primary N) is 2. The predicted molar refractivity (Wildman–Crippen MR) is 89.1 cm³/mol. The molecule has 0 saturated heterocycles. The number of nitrogens with one attached hydrogen (secondary N) is 2. The minimum Gasteiger partial charge on any atom is -0.368 e. The summed E-state index contributed by atoms with van der Waals surface area (Å²) < 4.78 is 9.70. The first-order chi connectivity index (χ1) is 11.3. The van der Waals surface area contributed by atoms with Gasteiger partial charge in [-0.3, -0.25) is 19.2 Å². The van der Waals surface area contributed by atoms with Crippen molar-refractivity contribution in [2.45, 2.75) is 45.2 Å². The van der Waals surface area contributed by atoms with E-state index >= 15 is 0 Å². The van der Waals surface area contributed by atoms with Crippen molar-refractivity contribution in [1.82, 2.24) is 10.6 Å². The lowest BCUT2D eigenvalue weighted by molar-refractivity contribution is -0.131. The topological polar surface area (TPSA) is 163 Å². The molecule has 4 amide bonds. The molecule has 144 valence electrons. The highest BCUT2D eigenvalue weighted by Gasteiger charge is 2.31. The largest absolute Gasteiger partial charge is 0.368 e. The molecule has 0 bridgehead atoms. The number of carbonyl (C=O) groups is 4. The van der Waals surface area contributed by atoms with E-state index in [-0.39, 0.29) is 26.4 Å². The third kappa shape index (κ3) is 12.8. The van der Waals surface area contributed by atoms with Crippen molar-refractivity contribution in [2.24, 2.45) is 11.5 Å². The summed E-state index contributed by atoms with van der Waals surface area (Å²) in [6.45, 7) is 5.90. The van der Waals surface area contributed by atoms with Gasteiger partial charge in [-0.2, -0.15) is 0 Å². The Morgan fingerprint density at radius 3 is 1.32 bits per heavy atom. The number of hydrogen-bond donors (Lipinski definition) is 4. The summed E-state index contributed by atoms with van der Waals surface area (Å²) in [5, 5.41) is 5.52. The summed E-state index contributed by atoms with van der Waals surface area (Å²) in [6, 6.07) is 0. The van der Waals surface area contributed by atoms with E-state index in [4.69, 9.17) is 20.9 Å². The zero-order valence-electron chi connectivity index (χ0n) is 15.1. The number of primary amides is 2. The van der Waals surface area contributed by atoms with Crippen LogP contribution < -0.4 is 22.1 Å². The molecule has 0 aliphatic heterocycles. The maximum absolute atomic E-state index is 11.8. The van der Waals surface area contributed by atoms with Gasteiger partial charge in [-0.1, -0.05) is 0 Å². The van der Waals surface area contributed by atoms with E-state index in [1.54, 1.807) is 27.7 Å². The normalized spacial score (nSPS) is 11.7. The van der Waals surface area contributed by atoms with Crippen LogP contribution >= 0.6 is 0 Å². The zero-order chi connectivity index (χ0) is 19.7. The quantitative estimate of drug-likeness (QED) is 0.320. The van der Waals surface area contributed by atoms with Crippen LogP contribution in [0.5, 0.6) is 0 Å².